The average molecular weight is 263 g/mol. The standard InChI is InChI=1S/C13H17N3O3/c14-9-5-12-10(15-13(18)7-19-12)6-11(9)16(3-4-17)8-1-2-8/h5-6,8,17H,1-4,7,14H2,(H,15,18). The van der Waals surface area contributed by atoms with E-state index in [-0.39, 0.29) is 19.1 Å². The second-order valence-corrected chi connectivity index (χ2v) is 4.89. The van der Waals surface area contributed by atoms with E-state index in [9.17, 15) is 4.79 Å². The fourth-order valence-corrected chi connectivity index (χ4v) is 2.37. The SMILES string of the molecule is Nc1cc2c(cc1N(CCO)C1CC1)NC(=O)CO2. The van der Waals surface area contributed by atoms with Crippen molar-refractivity contribution in [1.29, 1.82) is 0 Å². The van der Waals surface area contributed by atoms with Gasteiger partial charge in [0.1, 0.15) is 5.75 Å². The molecule has 1 fully saturated rings. The van der Waals surface area contributed by atoms with E-state index < -0.39 is 0 Å². The number of rotatable bonds is 4. The number of hydrogen-bond acceptors (Lipinski definition) is 5. The van der Waals surface area contributed by atoms with Crippen molar-refractivity contribution in [3.05, 3.63) is 12.1 Å². The van der Waals surface area contributed by atoms with Crippen LogP contribution in [0.5, 0.6) is 5.75 Å². The van der Waals surface area contributed by atoms with Gasteiger partial charge in [-0.3, -0.25) is 4.79 Å². The van der Waals surface area contributed by atoms with Crippen molar-refractivity contribution in [2.75, 3.05) is 35.7 Å². The minimum absolute atomic E-state index is 0.0226. The lowest BCUT2D eigenvalue weighted by Gasteiger charge is -2.27. The number of amides is 1. The van der Waals surface area contributed by atoms with Crippen LogP contribution < -0.4 is 20.7 Å². The van der Waals surface area contributed by atoms with E-state index in [1.165, 1.54) is 0 Å². The molecule has 0 saturated heterocycles. The van der Waals surface area contributed by atoms with Crippen LogP contribution in [0.25, 0.3) is 0 Å². The number of nitrogen functional groups attached to an aromatic ring is 1. The molecule has 0 bridgehead atoms. The van der Waals surface area contributed by atoms with Crippen molar-refractivity contribution in [2.24, 2.45) is 0 Å². The smallest absolute Gasteiger partial charge is 0.262 e. The zero-order valence-corrected chi connectivity index (χ0v) is 10.6. The molecule has 1 heterocycles. The van der Waals surface area contributed by atoms with E-state index in [1.54, 1.807) is 6.07 Å². The Morgan fingerprint density at radius 3 is 2.95 bits per heavy atom. The summed E-state index contributed by atoms with van der Waals surface area (Å²) in [6.07, 6.45) is 2.22. The van der Waals surface area contributed by atoms with Crippen LogP contribution in [-0.4, -0.2) is 36.8 Å². The number of fused-ring (bicyclic) bond motifs is 1. The molecular formula is C13H17N3O3. The quantitative estimate of drug-likeness (QED) is 0.691. The lowest BCUT2D eigenvalue weighted by Crippen LogP contribution is -2.30. The summed E-state index contributed by atoms with van der Waals surface area (Å²) in [5, 5.41) is 11.9. The number of ether oxygens (including phenoxy) is 1. The zero-order chi connectivity index (χ0) is 13.4. The van der Waals surface area contributed by atoms with Crippen LogP contribution in [0.1, 0.15) is 12.8 Å². The molecule has 1 aromatic rings. The van der Waals surface area contributed by atoms with Gasteiger partial charge in [-0.05, 0) is 18.9 Å². The monoisotopic (exact) mass is 263 g/mol. The van der Waals surface area contributed by atoms with E-state index >= 15 is 0 Å². The highest BCUT2D eigenvalue weighted by molar-refractivity contribution is 5.97. The Kier molecular flexibility index (Phi) is 2.94. The highest BCUT2D eigenvalue weighted by Gasteiger charge is 2.31. The van der Waals surface area contributed by atoms with Gasteiger partial charge in [-0.25, -0.2) is 0 Å². The number of nitrogens with one attached hydrogen (secondary N) is 1. The number of hydrogen-bond donors (Lipinski definition) is 3. The molecule has 1 amide bonds. The predicted molar refractivity (Wildman–Crippen MR) is 72.4 cm³/mol. The van der Waals surface area contributed by atoms with Gasteiger partial charge in [-0.1, -0.05) is 0 Å². The molecule has 0 unspecified atom stereocenters. The highest BCUT2D eigenvalue weighted by Crippen LogP contribution is 2.40. The molecular weight excluding hydrogens is 246 g/mol. The topological polar surface area (TPSA) is 87.8 Å². The first-order valence-corrected chi connectivity index (χ1v) is 6.42. The molecule has 0 atom stereocenters. The maximum Gasteiger partial charge on any atom is 0.262 e. The van der Waals surface area contributed by atoms with Crippen molar-refractivity contribution in [2.45, 2.75) is 18.9 Å². The predicted octanol–water partition coefficient (Wildman–Crippen LogP) is 0.561. The number of benzene rings is 1. The molecule has 1 aromatic carbocycles. The van der Waals surface area contributed by atoms with Gasteiger partial charge < -0.3 is 25.8 Å². The fraction of sp³-hybridized carbons (Fsp3) is 0.462. The number of nitrogens with zero attached hydrogens (tertiary/aromatic N) is 1. The third-order valence-corrected chi connectivity index (χ3v) is 3.40. The third-order valence-electron chi connectivity index (χ3n) is 3.40. The Bertz CT molecular complexity index is 514. The number of carbonyl (C=O) groups excluding carboxylic acids is 1. The molecule has 1 saturated carbocycles. The summed E-state index contributed by atoms with van der Waals surface area (Å²) in [6, 6.07) is 4.00. The van der Waals surface area contributed by atoms with Gasteiger partial charge in [-0.15, -0.1) is 0 Å². The number of nitrogens with two attached hydrogens (primary N) is 1. The molecule has 3 rings (SSSR count). The average Bonchev–Trinajstić information content (AvgIpc) is 3.20. The zero-order valence-electron chi connectivity index (χ0n) is 10.6. The van der Waals surface area contributed by atoms with Gasteiger partial charge in [0, 0.05) is 18.7 Å². The van der Waals surface area contributed by atoms with Crippen molar-refractivity contribution in [3.8, 4) is 5.75 Å². The van der Waals surface area contributed by atoms with E-state index in [2.05, 4.69) is 10.2 Å². The molecule has 0 spiro atoms. The van der Waals surface area contributed by atoms with Gasteiger partial charge in [0.2, 0.25) is 0 Å². The van der Waals surface area contributed by atoms with E-state index in [1.807, 2.05) is 6.07 Å². The van der Waals surface area contributed by atoms with E-state index in [0.29, 0.717) is 29.7 Å². The van der Waals surface area contributed by atoms with Crippen molar-refractivity contribution in [3.63, 3.8) is 0 Å². The van der Waals surface area contributed by atoms with Crippen LogP contribution in [-0.2, 0) is 4.79 Å². The van der Waals surface area contributed by atoms with Gasteiger partial charge in [0.05, 0.1) is 23.7 Å². The molecule has 2 aliphatic rings. The molecule has 102 valence electrons. The van der Waals surface area contributed by atoms with Gasteiger partial charge in [-0.2, -0.15) is 0 Å². The molecule has 0 aromatic heterocycles. The molecule has 1 aliphatic carbocycles. The fourth-order valence-electron chi connectivity index (χ4n) is 2.37. The summed E-state index contributed by atoms with van der Waals surface area (Å²) < 4.78 is 5.33. The first-order valence-electron chi connectivity index (χ1n) is 6.42. The van der Waals surface area contributed by atoms with E-state index in [0.717, 1.165) is 18.5 Å². The maximum atomic E-state index is 11.3. The summed E-state index contributed by atoms with van der Waals surface area (Å²) in [7, 11) is 0. The first-order chi connectivity index (χ1) is 9.19. The minimum Gasteiger partial charge on any atom is -0.482 e. The van der Waals surface area contributed by atoms with E-state index in [4.69, 9.17) is 15.6 Å². The molecule has 0 radical (unpaired) electrons. The molecule has 19 heavy (non-hydrogen) atoms. The summed E-state index contributed by atoms with van der Waals surface area (Å²) in [5.41, 5.74) is 8.16. The van der Waals surface area contributed by atoms with Crippen LogP contribution >= 0.6 is 0 Å². The van der Waals surface area contributed by atoms with Crippen molar-refractivity contribution >= 4 is 23.0 Å². The Labute approximate surface area is 111 Å². The third kappa shape index (κ3) is 2.31. The first kappa shape index (κ1) is 12.1. The van der Waals surface area contributed by atoms with Crippen LogP contribution in [0.4, 0.5) is 17.1 Å². The molecule has 1 aliphatic heterocycles. The van der Waals surface area contributed by atoms with Gasteiger partial charge in [0.25, 0.3) is 5.91 Å². The summed E-state index contributed by atoms with van der Waals surface area (Å²) in [4.78, 5) is 13.4. The van der Waals surface area contributed by atoms with Crippen LogP contribution in [0.15, 0.2) is 12.1 Å². The molecule has 4 N–H and O–H groups in total. The highest BCUT2D eigenvalue weighted by atomic mass is 16.5. The summed E-state index contributed by atoms with van der Waals surface area (Å²) >= 11 is 0. The van der Waals surface area contributed by atoms with Crippen LogP contribution in [0.3, 0.4) is 0 Å². The minimum atomic E-state index is -0.164. The largest absolute Gasteiger partial charge is 0.482 e. The summed E-state index contributed by atoms with van der Waals surface area (Å²) in [6.45, 7) is 0.646. The number of aliphatic hydroxyl groups excluding tert-OH is 1. The van der Waals surface area contributed by atoms with Crippen molar-refractivity contribution < 1.29 is 14.6 Å². The second kappa shape index (κ2) is 4.62. The lowest BCUT2D eigenvalue weighted by molar-refractivity contribution is -0.118. The van der Waals surface area contributed by atoms with Gasteiger partial charge in [0.15, 0.2) is 6.61 Å². The Hall–Kier alpha value is -1.95. The Morgan fingerprint density at radius 1 is 1.47 bits per heavy atom. The number of anilines is 3. The van der Waals surface area contributed by atoms with Crippen LogP contribution in [0.2, 0.25) is 0 Å². The summed E-state index contributed by atoms with van der Waals surface area (Å²) in [5.74, 6) is 0.434. The second-order valence-electron chi connectivity index (χ2n) is 4.89. The number of carbonyl (C=O) groups is 1. The van der Waals surface area contributed by atoms with Gasteiger partial charge >= 0.3 is 0 Å². The normalized spacial score (nSPS) is 17.4. The Morgan fingerprint density at radius 2 is 2.26 bits per heavy atom. The lowest BCUT2D eigenvalue weighted by atomic mass is 10.1. The molecule has 6 heteroatoms. The van der Waals surface area contributed by atoms with Crippen molar-refractivity contribution in [1.82, 2.24) is 0 Å². The molecule has 6 nitrogen and oxygen atoms in total. The Balaban J connectivity index is 1.96. The van der Waals surface area contributed by atoms with Crippen LogP contribution in [0, 0.1) is 0 Å². The number of aliphatic hydroxyl groups is 1. The maximum absolute atomic E-state index is 11.3.